The molecule has 1 fully saturated rings. The molecule has 4 heterocycles. The zero-order valence-corrected chi connectivity index (χ0v) is 24.2. The molecule has 4 aromatic rings. The molecule has 0 bridgehead atoms. The minimum atomic E-state index is 0. The van der Waals surface area contributed by atoms with Crippen LogP contribution in [0.4, 0.5) is 5.69 Å². The Balaban J connectivity index is 0.00000289. The van der Waals surface area contributed by atoms with Crippen LogP contribution in [-0.2, 0) is 19.5 Å². The summed E-state index contributed by atoms with van der Waals surface area (Å²) < 4.78 is 19.1. The van der Waals surface area contributed by atoms with Crippen molar-refractivity contribution in [2.45, 2.75) is 19.5 Å². The smallest absolute Gasteiger partial charge is 0.231 e. The molecule has 10 heteroatoms. The zero-order valence-electron chi connectivity index (χ0n) is 21.9. The average molecular weight is 601 g/mol. The van der Waals surface area contributed by atoms with Crippen molar-refractivity contribution in [1.29, 1.82) is 0 Å². The number of methoxy groups -OCH3 is 1. The number of fused-ring (bicyclic) bond motifs is 5. The Labute approximate surface area is 248 Å². The lowest BCUT2D eigenvalue weighted by Gasteiger charge is -2.36. The normalized spacial score (nSPS) is 15.9. The van der Waals surface area contributed by atoms with Gasteiger partial charge in [0.2, 0.25) is 12.5 Å². The highest BCUT2D eigenvalue weighted by atomic mass is 35.5. The van der Waals surface area contributed by atoms with E-state index in [4.69, 9.17) is 37.4 Å². The van der Waals surface area contributed by atoms with Crippen LogP contribution in [0, 0.1) is 0 Å². The van der Waals surface area contributed by atoms with Crippen LogP contribution < -0.4 is 36.1 Å². The van der Waals surface area contributed by atoms with E-state index in [0.29, 0.717) is 15.8 Å². The van der Waals surface area contributed by atoms with E-state index < -0.39 is 0 Å². The Kier molecular flexibility index (Phi) is 7.25. The largest absolute Gasteiger partial charge is 1.00 e. The number of rotatable bonds is 4. The number of piperazine rings is 1. The summed E-state index contributed by atoms with van der Waals surface area (Å²) in [6.45, 7) is 5.40. The van der Waals surface area contributed by atoms with Crippen LogP contribution >= 0.6 is 23.2 Å². The molecule has 3 aliphatic heterocycles. The SMILES string of the molecule is COc1cc(CN2CCN(c3ccc(Cl)c(Cl)c3)CC2)c2cc3[n+](cc2c1O)CCc1cc2c(cc1-3)OCO2.[Cl-]. The molecule has 0 spiro atoms. The fraction of sp³-hybridized carbons (Fsp3) is 0.300. The summed E-state index contributed by atoms with van der Waals surface area (Å²) >= 11 is 12.4. The van der Waals surface area contributed by atoms with Gasteiger partial charge in [-0.25, -0.2) is 0 Å². The standard InChI is InChI=1S/C30H27Cl2N3O4.ClH/c1-37-29-11-19(15-33-6-8-34(9-7-33)20-2-3-24(31)25(32)12-20)21-13-26-22-14-28-27(38-17-39-28)10-18(22)4-5-35(26)16-23(21)30(29)36;/h2-3,10-14,16H,4-9,15,17H2,1H3;1H. The van der Waals surface area contributed by atoms with Gasteiger partial charge >= 0.3 is 0 Å². The third kappa shape index (κ3) is 4.65. The van der Waals surface area contributed by atoms with E-state index in [2.05, 4.69) is 38.8 Å². The second-order valence-corrected chi connectivity index (χ2v) is 11.1. The van der Waals surface area contributed by atoms with Crippen molar-refractivity contribution in [1.82, 2.24) is 4.90 Å². The van der Waals surface area contributed by atoms with Gasteiger partial charge in [0.15, 0.2) is 35.7 Å². The van der Waals surface area contributed by atoms with E-state index in [9.17, 15) is 5.11 Å². The first-order valence-electron chi connectivity index (χ1n) is 13.1. The second kappa shape index (κ2) is 10.7. The molecule has 3 aromatic carbocycles. The van der Waals surface area contributed by atoms with Gasteiger partial charge in [-0.05, 0) is 47.5 Å². The molecule has 208 valence electrons. The highest BCUT2D eigenvalue weighted by Crippen LogP contribution is 2.42. The van der Waals surface area contributed by atoms with Gasteiger partial charge in [-0.2, -0.15) is 4.57 Å². The molecule has 3 aliphatic rings. The highest BCUT2D eigenvalue weighted by molar-refractivity contribution is 6.42. The van der Waals surface area contributed by atoms with Crippen LogP contribution in [0.1, 0.15) is 11.1 Å². The number of pyridine rings is 1. The number of hydrogen-bond acceptors (Lipinski definition) is 6. The summed E-state index contributed by atoms with van der Waals surface area (Å²) in [6, 6.07) is 14.2. The van der Waals surface area contributed by atoms with E-state index in [1.807, 2.05) is 24.3 Å². The number of ether oxygens (including phenoxy) is 3. The summed E-state index contributed by atoms with van der Waals surface area (Å²) in [7, 11) is 1.60. The van der Waals surface area contributed by atoms with Crippen LogP contribution in [0.15, 0.2) is 48.7 Å². The molecule has 7 nitrogen and oxygen atoms in total. The first-order valence-corrected chi connectivity index (χ1v) is 13.9. The van der Waals surface area contributed by atoms with Crippen molar-refractivity contribution in [3.63, 3.8) is 0 Å². The number of aryl methyl sites for hydroxylation is 2. The molecular formula is C30H28Cl3N3O4. The number of halogens is 3. The molecule has 0 atom stereocenters. The molecule has 40 heavy (non-hydrogen) atoms. The molecule has 0 saturated carbocycles. The quantitative estimate of drug-likeness (QED) is 0.364. The first kappa shape index (κ1) is 27.1. The number of hydrogen-bond donors (Lipinski definition) is 1. The molecule has 1 N–H and O–H groups in total. The van der Waals surface area contributed by atoms with E-state index in [1.54, 1.807) is 7.11 Å². The van der Waals surface area contributed by atoms with Crippen molar-refractivity contribution in [3.05, 3.63) is 69.8 Å². The minimum Gasteiger partial charge on any atom is -1.00 e. The van der Waals surface area contributed by atoms with Crippen molar-refractivity contribution in [3.8, 4) is 34.3 Å². The third-order valence-electron chi connectivity index (χ3n) is 8.06. The van der Waals surface area contributed by atoms with Crippen LogP contribution in [0.25, 0.3) is 22.0 Å². The average Bonchev–Trinajstić information content (AvgIpc) is 3.42. The predicted molar refractivity (Wildman–Crippen MR) is 152 cm³/mol. The molecule has 0 radical (unpaired) electrons. The highest BCUT2D eigenvalue weighted by Gasteiger charge is 2.30. The fourth-order valence-electron chi connectivity index (χ4n) is 5.94. The second-order valence-electron chi connectivity index (χ2n) is 10.2. The molecule has 0 aliphatic carbocycles. The Morgan fingerprint density at radius 3 is 2.48 bits per heavy atom. The number of anilines is 1. The zero-order chi connectivity index (χ0) is 26.7. The summed E-state index contributed by atoms with van der Waals surface area (Å²) in [4.78, 5) is 4.78. The van der Waals surface area contributed by atoms with Gasteiger partial charge in [0.25, 0.3) is 0 Å². The number of phenolic OH excluding ortho intramolecular Hbond substituents is 1. The van der Waals surface area contributed by atoms with E-state index >= 15 is 0 Å². The van der Waals surface area contributed by atoms with Crippen molar-refractivity contribution in [2.75, 3.05) is 45.0 Å². The number of nitrogens with zero attached hydrogens (tertiary/aromatic N) is 3. The number of aromatic hydroxyl groups is 1. The molecule has 0 amide bonds. The first-order chi connectivity index (χ1) is 19.0. The Bertz CT molecular complexity index is 1620. The third-order valence-corrected chi connectivity index (χ3v) is 8.80. The van der Waals surface area contributed by atoms with E-state index in [1.165, 1.54) is 5.56 Å². The topological polar surface area (TPSA) is 58.3 Å². The number of phenols is 1. The van der Waals surface area contributed by atoms with Crippen LogP contribution in [-0.4, -0.2) is 50.1 Å². The number of aromatic nitrogens is 1. The maximum atomic E-state index is 11.1. The summed E-state index contributed by atoms with van der Waals surface area (Å²) in [6.07, 6.45) is 2.94. The van der Waals surface area contributed by atoms with Crippen LogP contribution in [0.2, 0.25) is 10.0 Å². The lowest BCUT2D eigenvalue weighted by atomic mass is 9.94. The summed E-state index contributed by atoms with van der Waals surface area (Å²) in [5, 5.41) is 14.1. The van der Waals surface area contributed by atoms with Crippen molar-refractivity contribution >= 4 is 39.7 Å². The van der Waals surface area contributed by atoms with Gasteiger partial charge in [0.1, 0.15) is 0 Å². The van der Waals surface area contributed by atoms with Gasteiger partial charge in [-0.15, -0.1) is 0 Å². The molecule has 1 saturated heterocycles. The summed E-state index contributed by atoms with van der Waals surface area (Å²) in [5.41, 5.74) is 5.71. The Hall–Kier alpha value is -3.10. The molecule has 1 aromatic heterocycles. The van der Waals surface area contributed by atoms with Gasteiger partial charge < -0.3 is 36.6 Å². The molecular weight excluding hydrogens is 573 g/mol. The monoisotopic (exact) mass is 599 g/mol. The van der Waals surface area contributed by atoms with E-state index in [0.717, 1.165) is 90.5 Å². The Morgan fingerprint density at radius 1 is 0.950 bits per heavy atom. The number of benzene rings is 3. The maximum absolute atomic E-state index is 11.1. The van der Waals surface area contributed by atoms with Gasteiger partial charge in [-0.3, -0.25) is 4.90 Å². The summed E-state index contributed by atoms with van der Waals surface area (Å²) in [5.74, 6) is 2.26. The van der Waals surface area contributed by atoms with Gasteiger partial charge in [0.05, 0.1) is 28.1 Å². The van der Waals surface area contributed by atoms with E-state index in [-0.39, 0.29) is 24.9 Å². The lowest BCUT2D eigenvalue weighted by Crippen LogP contribution is -3.00. The fourth-order valence-corrected chi connectivity index (χ4v) is 6.24. The Morgan fingerprint density at radius 2 is 1.73 bits per heavy atom. The van der Waals surface area contributed by atoms with Crippen molar-refractivity contribution < 1.29 is 36.3 Å². The minimum absolute atomic E-state index is 0. The van der Waals surface area contributed by atoms with Crippen LogP contribution in [0.3, 0.4) is 0 Å². The molecule has 0 unspecified atom stereocenters. The predicted octanol–water partition coefficient (Wildman–Crippen LogP) is 2.43. The van der Waals surface area contributed by atoms with Crippen LogP contribution in [0.5, 0.6) is 23.0 Å². The van der Waals surface area contributed by atoms with Gasteiger partial charge in [-0.1, -0.05) is 23.2 Å². The van der Waals surface area contributed by atoms with Gasteiger partial charge in [0, 0.05) is 56.3 Å². The molecule has 7 rings (SSSR count). The van der Waals surface area contributed by atoms with Crippen molar-refractivity contribution in [2.24, 2.45) is 0 Å². The lowest BCUT2D eigenvalue weighted by molar-refractivity contribution is -0.686. The maximum Gasteiger partial charge on any atom is 0.231 e.